The van der Waals surface area contributed by atoms with E-state index in [2.05, 4.69) is 37.0 Å². The molecule has 1 saturated carbocycles. The monoisotopic (exact) mass is 411 g/mol. The first-order chi connectivity index (χ1) is 13.3. The Morgan fingerprint density at radius 2 is 1.89 bits per heavy atom. The van der Waals surface area contributed by atoms with E-state index in [1.807, 2.05) is 6.08 Å². The molecule has 1 aliphatic carbocycles. The van der Waals surface area contributed by atoms with Crippen LogP contribution in [0.1, 0.15) is 25.3 Å². The molecule has 0 spiro atoms. The van der Waals surface area contributed by atoms with Crippen molar-refractivity contribution < 1.29 is 0 Å². The highest BCUT2D eigenvalue weighted by molar-refractivity contribution is 6.42. The molecule has 0 radical (unpaired) electrons. The zero-order valence-electron chi connectivity index (χ0n) is 15.6. The van der Waals surface area contributed by atoms with Crippen LogP contribution < -0.4 is 0 Å². The summed E-state index contributed by atoms with van der Waals surface area (Å²) in [4.78, 5) is 2.22. The van der Waals surface area contributed by atoms with E-state index in [9.17, 15) is 15.8 Å². The predicted octanol–water partition coefficient (Wildman–Crippen LogP) is 4.55. The van der Waals surface area contributed by atoms with Crippen molar-refractivity contribution in [2.75, 3.05) is 13.1 Å². The maximum absolute atomic E-state index is 10.1. The molecule has 7 heteroatoms. The Balaban J connectivity index is 2.30. The van der Waals surface area contributed by atoms with Crippen molar-refractivity contribution in [3.63, 3.8) is 0 Å². The minimum Gasteiger partial charge on any atom is -0.305 e. The molecular formula is C21H19Cl2N5. The van der Waals surface area contributed by atoms with E-state index >= 15 is 0 Å². The summed E-state index contributed by atoms with van der Waals surface area (Å²) in [6.45, 7) is 5.40. The van der Waals surface area contributed by atoms with Gasteiger partial charge in [0.1, 0.15) is 5.92 Å². The lowest BCUT2D eigenvalue weighted by Crippen LogP contribution is -2.53. The summed E-state index contributed by atoms with van der Waals surface area (Å²) in [6.07, 6.45) is 1.97. The van der Waals surface area contributed by atoms with Gasteiger partial charge in [0.2, 0.25) is 0 Å². The van der Waals surface area contributed by atoms with E-state index in [4.69, 9.17) is 28.6 Å². The number of fused-ring (bicyclic) bond motifs is 1. The van der Waals surface area contributed by atoms with Gasteiger partial charge in [0.05, 0.1) is 34.0 Å². The van der Waals surface area contributed by atoms with Gasteiger partial charge in [0.15, 0.2) is 5.41 Å². The Bertz CT molecular complexity index is 962. The zero-order chi connectivity index (χ0) is 20.6. The van der Waals surface area contributed by atoms with Crippen molar-refractivity contribution in [1.29, 1.82) is 21.2 Å². The molecule has 28 heavy (non-hydrogen) atoms. The average Bonchev–Trinajstić information content (AvgIpc) is 2.69. The van der Waals surface area contributed by atoms with Crippen molar-refractivity contribution in [3.05, 3.63) is 45.5 Å². The number of benzene rings is 1. The molecule has 1 aliphatic heterocycles. The van der Waals surface area contributed by atoms with Crippen LogP contribution in [0, 0.1) is 56.7 Å². The maximum atomic E-state index is 10.1. The molecule has 3 rings (SSSR count). The summed E-state index contributed by atoms with van der Waals surface area (Å²) in [5.74, 6) is -1.85. The van der Waals surface area contributed by atoms with Gasteiger partial charge in [0, 0.05) is 31.0 Å². The Kier molecular flexibility index (Phi) is 5.51. The van der Waals surface area contributed by atoms with Gasteiger partial charge in [-0.1, -0.05) is 41.4 Å². The van der Waals surface area contributed by atoms with Gasteiger partial charge in [0.25, 0.3) is 0 Å². The number of hydrogen-bond donors (Lipinski definition) is 1. The number of hydrogen-bond acceptors (Lipinski definition) is 5. The Labute approximate surface area is 174 Å². The minimum atomic E-state index is -1.78. The van der Waals surface area contributed by atoms with E-state index in [1.54, 1.807) is 18.2 Å². The molecule has 1 aromatic rings. The first kappa shape index (κ1) is 20.4. The summed E-state index contributed by atoms with van der Waals surface area (Å²) in [7, 11) is 0. The third kappa shape index (κ3) is 2.90. The van der Waals surface area contributed by atoms with Crippen LogP contribution in [-0.4, -0.2) is 29.7 Å². The number of halogens is 2. The molecule has 1 heterocycles. The van der Waals surface area contributed by atoms with Gasteiger partial charge in [-0.3, -0.25) is 4.90 Å². The number of nitrogens with one attached hydrogen (secondary N) is 1. The summed E-state index contributed by atoms with van der Waals surface area (Å²) in [5, 5.41) is 39.1. The fourth-order valence-corrected chi connectivity index (χ4v) is 4.78. The molecule has 142 valence electrons. The Morgan fingerprint density at radius 3 is 2.46 bits per heavy atom. The molecule has 1 fully saturated rings. The fourth-order valence-electron chi connectivity index (χ4n) is 4.36. The molecule has 1 aromatic carbocycles. The normalized spacial score (nSPS) is 26.6. The van der Waals surface area contributed by atoms with Gasteiger partial charge >= 0.3 is 0 Å². The average molecular weight is 412 g/mol. The van der Waals surface area contributed by atoms with E-state index in [1.165, 1.54) is 0 Å². The van der Waals surface area contributed by atoms with Gasteiger partial charge in [-0.25, -0.2) is 0 Å². The van der Waals surface area contributed by atoms with Gasteiger partial charge < -0.3 is 5.41 Å². The van der Waals surface area contributed by atoms with Gasteiger partial charge in [-0.15, -0.1) is 0 Å². The molecular weight excluding hydrogens is 393 g/mol. The molecule has 0 aromatic heterocycles. The SMILES string of the molecule is CC(C)N1CC=C2C(C#N)C(=N)C(C#N)(C#N)[C@H](c3cccc(Cl)c3Cl)[C@@H]2C1. The van der Waals surface area contributed by atoms with Crippen LogP contribution in [0.15, 0.2) is 29.8 Å². The van der Waals surface area contributed by atoms with E-state index in [0.717, 1.165) is 5.57 Å². The molecule has 0 amide bonds. The second kappa shape index (κ2) is 7.57. The van der Waals surface area contributed by atoms with Crippen LogP contribution in [0.25, 0.3) is 0 Å². The van der Waals surface area contributed by atoms with E-state index in [-0.39, 0.29) is 22.7 Å². The second-order valence-corrected chi connectivity index (χ2v) is 8.27. The number of rotatable bonds is 2. The van der Waals surface area contributed by atoms with Crippen molar-refractivity contribution in [2.45, 2.75) is 25.8 Å². The van der Waals surface area contributed by atoms with Crippen LogP contribution in [0.5, 0.6) is 0 Å². The Morgan fingerprint density at radius 1 is 1.21 bits per heavy atom. The zero-order valence-corrected chi connectivity index (χ0v) is 17.1. The quantitative estimate of drug-likeness (QED) is 0.721. The van der Waals surface area contributed by atoms with Crippen molar-refractivity contribution in [2.24, 2.45) is 17.3 Å². The summed E-state index contributed by atoms with van der Waals surface area (Å²) in [5.41, 5.74) is -0.593. The molecule has 1 N–H and O–H groups in total. The molecule has 0 bridgehead atoms. The lowest BCUT2D eigenvalue weighted by atomic mass is 9.54. The summed E-state index contributed by atoms with van der Waals surface area (Å²) >= 11 is 12.7. The third-order valence-corrected chi connectivity index (χ3v) is 6.70. The standard InChI is InChI=1S/C21H19Cl2N5/c1-12(2)28-7-6-13-15(8-24)20(27)21(10-25,11-26)18(16(13)9-28)14-4-3-5-17(22)19(14)23/h3-6,12,15-16,18,27H,7,9H2,1-2H3/t15?,16-,18-/m1/s1. The highest BCUT2D eigenvalue weighted by atomic mass is 35.5. The first-order valence-electron chi connectivity index (χ1n) is 9.01. The first-order valence-corrected chi connectivity index (χ1v) is 9.76. The van der Waals surface area contributed by atoms with Crippen molar-refractivity contribution >= 4 is 28.9 Å². The number of nitrogens with zero attached hydrogens (tertiary/aromatic N) is 4. The highest BCUT2D eigenvalue weighted by Gasteiger charge is 2.58. The van der Waals surface area contributed by atoms with E-state index in [0.29, 0.717) is 23.7 Å². The van der Waals surface area contributed by atoms with Gasteiger partial charge in [-0.2, -0.15) is 15.8 Å². The fraction of sp³-hybridized carbons (Fsp3) is 0.429. The predicted molar refractivity (Wildman–Crippen MR) is 108 cm³/mol. The lowest BCUT2D eigenvalue weighted by Gasteiger charge is -2.48. The largest absolute Gasteiger partial charge is 0.305 e. The topological polar surface area (TPSA) is 98.5 Å². The molecule has 3 atom stereocenters. The second-order valence-electron chi connectivity index (χ2n) is 7.49. The van der Waals surface area contributed by atoms with Crippen LogP contribution in [0.2, 0.25) is 10.0 Å². The van der Waals surface area contributed by atoms with Crippen molar-refractivity contribution in [1.82, 2.24) is 4.90 Å². The highest BCUT2D eigenvalue weighted by Crippen LogP contribution is 2.55. The molecule has 0 saturated heterocycles. The lowest BCUT2D eigenvalue weighted by molar-refractivity contribution is 0.171. The van der Waals surface area contributed by atoms with Crippen LogP contribution >= 0.6 is 23.2 Å². The molecule has 1 unspecified atom stereocenters. The maximum Gasteiger partial charge on any atom is 0.189 e. The minimum absolute atomic E-state index is 0.179. The van der Waals surface area contributed by atoms with Crippen molar-refractivity contribution in [3.8, 4) is 18.2 Å². The van der Waals surface area contributed by atoms with Crippen LogP contribution in [-0.2, 0) is 0 Å². The molecule has 2 aliphatic rings. The van der Waals surface area contributed by atoms with Crippen LogP contribution in [0.4, 0.5) is 0 Å². The number of nitriles is 3. The Hall–Kier alpha value is -2.36. The van der Waals surface area contributed by atoms with Gasteiger partial charge in [-0.05, 0) is 31.1 Å². The third-order valence-electron chi connectivity index (χ3n) is 5.87. The van der Waals surface area contributed by atoms with Crippen LogP contribution in [0.3, 0.4) is 0 Å². The summed E-state index contributed by atoms with van der Waals surface area (Å²) in [6, 6.07) is 11.7. The van der Waals surface area contributed by atoms with E-state index < -0.39 is 17.3 Å². The molecule has 5 nitrogen and oxygen atoms in total. The summed E-state index contributed by atoms with van der Waals surface area (Å²) < 4.78 is 0. The smallest absolute Gasteiger partial charge is 0.189 e.